The fourth-order valence-electron chi connectivity index (χ4n) is 3.67. The fourth-order valence-corrected chi connectivity index (χ4v) is 3.67. The molecule has 2 aliphatic rings. The van der Waals surface area contributed by atoms with E-state index >= 15 is 0 Å². The summed E-state index contributed by atoms with van der Waals surface area (Å²) < 4.78 is 0. The van der Waals surface area contributed by atoms with Crippen molar-refractivity contribution < 1.29 is 9.59 Å². The van der Waals surface area contributed by atoms with Crippen LogP contribution in [-0.4, -0.2) is 48.0 Å². The van der Waals surface area contributed by atoms with E-state index in [4.69, 9.17) is 0 Å². The van der Waals surface area contributed by atoms with Gasteiger partial charge in [-0.25, -0.2) is 9.59 Å². The van der Waals surface area contributed by atoms with Crippen molar-refractivity contribution in [2.75, 3.05) is 31.5 Å². The van der Waals surface area contributed by atoms with E-state index in [0.717, 1.165) is 24.3 Å². The summed E-state index contributed by atoms with van der Waals surface area (Å²) in [5.41, 5.74) is 1.74. The number of anilines is 1. The predicted octanol–water partition coefficient (Wildman–Crippen LogP) is 2.72. The summed E-state index contributed by atoms with van der Waals surface area (Å²) in [6.07, 6.45) is 1.17. The average molecular weight is 330 g/mol. The zero-order valence-corrected chi connectivity index (χ0v) is 14.4. The van der Waals surface area contributed by atoms with Gasteiger partial charge in [-0.2, -0.15) is 0 Å². The van der Waals surface area contributed by atoms with Crippen molar-refractivity contribution in [1.82, 2.24) is 15.1 Å². The molecule has 2 N–H and O–H groups in total. The number of hydrogen-bond donors (Lipinski definition) is 2. The zero-order chi connectivity index (χ0) is 17.1. The van der Waals surface area contributed by atoms with Crippen LogP contribution in [0.1, 0.15) is 25.8 Å². The van der Waals surface area contributed by atoms with Crippen molar-refractivity contribution in [2.45, 2.75) is 26.8 Å². The van der Waals surface area contributed by atoms with E-state index in [1.165, 1.54) is 6.42 Å². The van der Waals surface area contributed by atoms with Gasteiger partial charge in [-0.3, -0.25) is 0 Å². The molecule has 2 heterocycles. The third-order valence-electron chi connectivity index (χ3n) is 4.72. The van der Waals surface area contributed by atoms with Crippen LogP contribution in [0.5, 0.6) is 0 Å². The van der Waals surface area contributed by atoms with Gasteiger partial charge in [0.25, 0.3) is 0 Å². The summed E-state index contributed by atoms with van der Waals surface area (Å²) in [5, 5.41) is 5.84. The number of benzene rings is 1. The Balaban J connectivity index is 1.68. The number of carbonyl (C=O) groups excluding carboxylic acids is 2. The van der Waals surface area contributed by atoms with Gasteiger partial charge >= 0.3 is 12.1 Å². The Kier molecular flexibility index (Phi) is 4.92. The van der Waals surface area contributed by atoms with Crippen LogP contribution in [0.4, 0.5) is 15.3 Å². The minimum Gasteiger partial charge on any atom is -0.336 e. The number of carbonyl (C=O) groups is 2. The summed E-state index contributed by atoms with van der Waals surface area (Å²) in [6.45, 7) is 7.86. The van der Waals surface area contributed by atoms with Crippen molar-refractivity contribution in [2.24, 2.45) is 11.8 Å². The molecule has 4 amide bonds. The molecule has 2 fully saturated rings. The molecule has 3 rings (SSSR count). The van der Waals surface area contributed by atoms with E-state index in [1.54, 1.807) is 4.90 Å². The molecule has 0 spiro atoms. The lowest BCUT2D eigenvalue weighted by atomic mass is 9.92. The van der Waals surface area contributed by atoms with E-state index < -0.39 is 0 Å². The Hall–Kier alpha value is -2.24. The Bertz CT molecular complexity index is 609. The number of amides is 4. The molecule has 6 nitrogen and oxygen atoms in total. The molecular formula is C18H26N4O2. The molecule has 24 heavy (non-hydrogen) atoms. The van der Waals surface area contributed by atoms with E-state index in [2.05, 4.69) is 24.5 Å². The van der Waals surface area contributed by atoms with Gasteiger partial charge in [0, 0.05) is 38.4 Å². The third kappa shape index (κ3) is 3.80. The van der Waals surface area contributed by atoms with Gasteiger partial charge in [-0.1, -0.05) is 32.0 Å². The van der Waals surface area contributed by atoms with Crippen LogP contribution >= 0.6 is 0 Å². The smallest absolute Gasteiger partial charge is 0.321 e. The predicted molar refractivity (Wildman–Crippen MR) is 93.8 cm³/mol. The number of hydrogen-bond acceptors (Lipinski definition) is 2. The molecule has 2 saturated heterocycles. The molecule has 130 valence electrons. The van der Waals surface area contributed by atoms with Crippen LogP contribution in [0, 0.1) is 11.8 Å². The van der Waals surface area contributed by atoms with Crippen molar-refractivity contribution in [3.8, 4) is 0 Å². The van der Waals surface area contributed by atoms with Gasteiger partial charge in [0.2, 0.25) is 0 Å². The van der Waals surface area contributed by atoms with Crippen molar-refractivity contribution in [3.63, 3.8) is 0 Å². The van der Waals surface area contributed by atoms with Crippen LogP contribution in [0.25, 0.3) is 0 Å². The fraction of sp³-hybridized carbons (Fsp3) is 0.556. The molecule has 0 radical (unpaired) electrons. The van der Waals surface area contributed by atoms with Crippen molar-refractivity contribution >= 4 is 17.7 Å². The number of rotatable bonds is 3. The molecule has 6 heteroatoms. The molecule has 2 atom stereocenters. The first-order chi connectivity index (χ1) is 11.5. The lowest BCUT2D eigenvalue weighted by molar-refractivity contribution is 0.156. The van der Waals surface area contributed by atoms with E-state index in [9.17, 15) is 9.59 Å². The maximum atomic E-state index is 12.6. The summed E-state index contributed by atoms with van der Waals surface area (Å²) in [5.74, 6) is 1.06. The Morgan fingerprint density at radius 1 is 1.25 bits per heavy atom. The summed E-state index contributed by atoms with van der Waals surface area (Å²) in [7, 11) is 0. The number of nitrogens with zero attached hydrogens (tertiary/aromatic N) is 2. The molecule has 0 unspecified atom stereocenters. The van der Waals surface area contributed by atoms with Gasteiger partial charge in [0.05, 0.1) is 0 Å². The second-order valence-corrected chi connectivity index (χ2v) is 7.09. The second-order valence-electron chi connectivity index (χ2n) is 7.09. The summed E-state index contributed by atoms with van der Waals surface area (Å²) >= 11 is 0. The molecular weight excluding hydrogens is 304 g/mol. The van der Waals surface area contributed by atoms with Gasteiger partial charge < -0.3 is 20.4 Å². The number of nitrogens with one attached hydrogen (secondary N) is 2. The second kappa shape index (κ2) is 7.11. The monoisotopic (exact) mass is 330 g/mol. The number of para-hydroxylation sites is 1. The Morgan fingerprint density at radius 2 is 1.96 bits per heavy atom. The highest BCUT2D eigenvalue weighted by molar-refractivity contribution is 5.90. The van der Waals surface area contributed by atoms with Crippen LogP contribution in [-0.2, 0) is 6.54 Å². The molecule has 2 aliphatic heterocycles. The summed E-state index contributed by atoms with van der Waals surface area (Å²) in [6, 6.07) is 7.61. The van der Waals surface area contributed by atoms with Gasteiger partial charge in [0.15, 0.2) is 0 Å². The largest absolute Gasteiger partial charge is 0.336 e. The highest BCUT2D eigenvalue weighted by Gasteiger charge is 2.26. The van der Waals surface area contributed by atoms with Crippen molar-refractivity contribution in [3.05, 3.63) is 29.8 Å². The standard InChI is InChI=1S/C18H26N4O2/c1-13-9-14(2)11-22(10-13)18(24)20-16-6-4-3-5-15(16)12-21-8-7-19-17(21)23/h3-6,13-14H,7-12H2,1-2H3,(H,19,23)(H,20,24)/t13-,14-/m1/s1. The lowest BCUT2D eigenvalue weighted by Crippen LogP contribution is -2.44. The lowest BCUT2D eigenvalue weighted by Gasteiger charge is -2.35. The highest BCUT2D eigenvalue weighted by atomic mass is 16.2. The van der Waals surface area contributed by atoms with E-state index in [0.29, 0.717) is 31.5 Å². The summed E-state index contributed by atoms with van der Waals surface area (Å²) in [4.78, 5) is 28.0. The molecule has 0 bridgehead atoms. The van der Waals surface area contributed by atoms with Gasteiger partial charge in [-0.15, -0.1) is 0 Å². The van der Waals surface area contributed by atoms with Crippen LogP contribution in [0.2, 0.25) is 0 Å². The topological polar surface area (TPSA) is 64.7 Å². The highest BCUT2D eigenvalue weighted by Crippen LogP contribution is 2.23. The number of urea groups is 2. The quantitative estimate of drug-likeness (QED) is 0.895. The normalized spacial score (nSPS) is 24.0. The van der Waals surface area contributed by atoms with Gasteiger partial charge in [-0.05, 0) is 29.9 Å². The first-order valence-electron chi connectivity index (χ1n) is 8.69. The average Bonchev–Trinajstić information content (AvgIpc) is 2.93. The molecule has 0 saturated carbocycles. The minimum atomic E-state index is -0.0493. The van der Waals surface area contributed by atoms with Crippen LogP contribution in [0.3, 0.4) is 0 Å². The maximum absolute atomic E-state index is 12.6. The molecule has 1 aromatic rings. The minimum absolute atomic E-state index is 0.0465. The molecule has 1 aromatic carbocycles. The van der Waals surface area contributed by atoms with E-state index in [-0.39, 0.29) is 12.1 Å². The SMILES string of the molecule is C[C@@H]1C[C@@H](C)CN(C(=O)Nc2ccccc2CN2CCNC2=O)C1. The van der Waals surface area contributed by atoms with Crippen molar-refractivity contribution in [1.29, 1.82) is 0 Å². The maximum Gasteiger partial charge on any atom is 0.321 e. The number of piperidine rings is 1. The molecule has 0 aliphatic carbocycles. The number of likely N-dealkylation sites (tertiary alicyclic amines) is 1. The van der Waals surface area contributed by atoms with E-state index in [1.807, 2.05) is 29.2 Å². The van der Waals surface area contributed by atoms with Crippen LogP contribution < -0.4 is 10.6 Å². The first-order valence-corrected chi connectivity index (χ1v) is 8.69. The Morgan fingerprint density at radius 3 is 2.62 bits per heavy atom. The third-order valence-corrected chi connectivity index (χ3v) is 4.72. The zero-order valence-electron chi connectivity index (χ0n) is 14.4. The Labute approximate surface area is 143 Å². The van der Waals surface area contributed by atoms with Crippen LogP contribution in [0.15, 0.2) is 24.3 Å². The van der Waals surface area contributed by atoms with Gasteiger partial charge in [0.1, 0.15) is 0 Å². The first kappa shape index (κ1) is 16.6. The molecule has 0 aromatic heterocycles.